The summed E-state index contributed by atoms with van der Waals surface area (Å²) in [7, 11) is 0. The van der Waals surface area contributed by atoms with Crippen LogP contribution in [0.3, 0.4) is 0 Å². The summed E-state index contributed by atoms with van der Waals surface area (Å²) in [5, 5.41) is 6.74. The van der Waals surface area contributed by atoms with Gasteiger partial charge in [-0.25, -0.2) is 4.98 Å². The molecule has 1 rings (SSSR count). The van der Waals surface area contributed by atoms with Gasteiger partial charge in [0.05, 0.1) is 10.7 Å². The van der Waals surface area contributed by atoms with Crippen LogP contribution in [0.15, 0.2) is 17.5 Å². The van der Waals surface area contributed by atoms with E-state index in [4.69, 9.17) is 0 Å². The molecule has 0 fully saturated rings. The van der Waals surface area contributed by atoms with Crippen molar-refractivity contribution in [2.24, 2.45) is 0 Å². The topological polar surface area (TPSA) is 24.9 Å². The molecule has 16 heavy (non-hydrogen) atoms. The molecule has 0 aliphatic carbocycles. The first-order chi connectivity index (χ1) is 7.47. The maximum atomic E-state index is 4.42. The molecular formula is C13H22N2S. The normalized spacial score (nSPS) is 12.5. The summed E-state index contributed by atoms with van der Waals surface area (Å²) in [6.45, 7) is 9.65. The number of thiazole rings is 1. The number of aromatic nitrogens is 1. The lowest BCUT2D eigenvalue weighted by molar-refractivity contribution is 0.431. The highest BCUT2D eigenvalue weighted by molar-refractivity contribution is 7.09. The molecule has 0 aliphatic heterocycles. The molecule has 1 heterocycles. The van der Waals surface area contributed by atoms with Crippen molar-refractivity contribution in [3.63, 3.8) is 0 Å². The first-order valence-electron chi connectivity index (χ1n) is 5.78. The van der Waals surface area contributed by atoms with Gasteiger partial charge in [-0.05, 0) is 40.7 Å². The van der Waals surface area contributed by atoms with Gasteiger partial charge in [-0.2, -0.15) is 0 Å². The van der Waals surface area contributed by atoms with Crippen molar-refractivity contribution in [2.45, 2.75) is 46.1 Å². The van der Waals surface area contributed by atoms with Gasteiger partial charge in [-0.3, -0.25) is 0 Å². The average molecular weight is 238 g/mol. The summed E-state index contributed by atoms with van der Waals surface area (Å²) in [5.74, 6) is 0. The molecule has 0 spiro atoms. The molecule has 0 atom stereocenters. The van der Waals surface area contributed by atoms with Crippen LogP contribution in [0.5, 0.6) is 0 Å². The number of hydrogen-bond donors (Lipinski definition) is 1. The SMILES string of the molecule is Cc1nc(CC=CCCNC(C)(C)C)cs1. The van der Waals surface area contributed by atoms with Gasteiger partial charge in [0.15, 0.2) is 0 Å². The summed E-state index contributed by atoms with van der Waals surface area (Å²) in [5.41, 5.74) is 1.40. The molecule has 2 nitrogen and oxygen atoms in total. The van der Waals surface area contributed by atoms with Gasteiger partial charge in [0.1, 0.15) is 0 Å². The van der Waals surface area contributed by atoms with E-state index in [-0.39, 0.29) is 5.54 Å². The maximum absolute atomic E-state index is 4.42. The van der Waals surface area contributed by atoms with Gasteiger partial charge in [0, 0.05) is 17.3 Å². The zero-order chi connectivity index (χ0) is 12.0. The third-order valence-electron chi connectivity index (χ3n) is 2.13. The first-order valence-corrected chi connectivity index (χ1v) is 6.66. The van der Waals surface area contributed by atoms with E-state index in [9.17, 15) is 0 Å². The second-order valence-corrected chi connectivity index (χ2v) is 6.06. The van der Waals surface area contributed by atoms with Crippen molar-refractivity contribution < 1.29 is 0 Å². The van der Waals surface area contributed by atoms with E-state index in [0.717, 1.165) is 24.4 Å². The average Bonchev–Trinajstić information content (AvgIpc) is 2.56. The van der Waals surface area contributed by atoms with Crippen molar-refractivity contribution in [3.8, 4) is 0 Å². The van der Waals surface area contributed by atoms with Crippen LogP contribution in [-0.2, 0) is 6.42 Å². The van der Waals surface area contributed by atoms with Crippen LogP contribution >= 0.6 is 11.3 Å². The Balaban J connectivity index is 2.14. The Labute approximate surface area is 103 Å². The fraction of sp³-hybridized carbons (Fsp3) is 0.615. The van der Waals surface area contributed by atoms with Crippen LogP contribution in [0.1, 0.15) is 37.9 Å². The lowest BCUT2D eigenvalue weighted by atomic mass is 10.1. The molecule has 0 saturated carbocycles. The lowest BCUT2D eigenvalue weighted by Gasteiger charge is -2.19. The molecule has 0 unspecified atom stereocenters. The number of allylic oxidation sites excluding steroid dienone is 1. The summed E-state index contributed by atoms with van der Waals surface area (Å²) in [6, 6.07) is 0. The highest BCUT2D eigenvalue weighted by Crippen LogP contribution is 2.08. The second kappa shape index (κ2) is 6.16. The molecule has 3 heteroatoms. The summed E-state index contributed by atoms with van der Waals surface area (Å²) >= 11 is 1.72. The highest BCUT2D eigenvalue weighted by atomic mass is 32.1. The van der Waals surface area contributed by atoms with E-state index in [1.54, 1.807) is 11.3 Å². The largest absolute Gasteiger partial charge is 0.312 e. The predicted octanol–water partition coefficient (Wildman–Crippen LogP) is 3.33. The quantitative estimate of drug-likeness (QED) is 0.629. The van der Waals surface area contributed by atoms with E-state index in [1.165, 1.54) is 5.69 Å². The number of aryl methyl sites for hydroxylation is 1. The molecule has 90 valence electrons. The monoisotopic (exact) mass is 238 g/mol. The Kier molecular flexibility index (Phi) is 5.16. The molecular weight excluding hydrogens is 216 g/mol. The standard InChI is InChI=1S/C13H22N2S/c1-11-15-12(10-16-11)8-6-5-7-9-14-13(2,3)4/h5-6,10,14H,7-9H2,1-4H3. The molecule has 1 aromatic heterocycles. The van der Waals surface area contributed by atoms with Crippen LogP contribution < -0.4 is 5.32 Å². The van der Waals surface area contributed by atoms with Crippen LogP contribution in [-0.4, -0.2) is 17.1 Å². The van der Waals surface area contributed by atoms with E-state index < -0.39 is 0 Å². The summed E-state index contributed by atoms with van der Waals surface area (Å²) in [4.78, 5) is 4.42. The molecule has 0 amide bonds. The van der Waals surface area contributed by atoms with Crippen LogP contribution in [0.25, 0.3) is 0 Å². The minimum atomic E-state index is 0.222. The van der Waals surface area contributed by atoms with Gasteiger partial charge in [0.2, 0.25) is 0 Å². The van der Waals surface area contributed by atoms with E-state index in [2.05, 4.69) is 48.6 Å². The fourth-order valence-electron chi connectivity index (χ4n) is 1.35. The maximum Gasteiger partial charge on any atom is 0.0897 e. The molecule has 0 aliphatic rings. The zero-order valence-corrected chi connectivity index (χ0v) is 11.5. The summed E-state index contributed by atoms with van der Waals surface area (Å²) in [6.07, 6.45) is 6.48. The third-order valence-corrected chi connectivity index (χ3v) is 2.95. The zero-order valence-electron chi connectivity index (χ0n) is 10.7. The first kappa shape index (κ1) is 13.4. The molecule has 1 aromatic rings. The van der Waals surface area contributed by atoms with Gasteiger partial charge >= 0.3 is 0 Å². The second-order valence-electron chi connectivity index (χ2n) is 5.00. The number of nitrogens with one attached hydrogen (secondary N) is 1. The molecule has 0 saturated heterocycles. The van der Waals surface area contributed by atoms with Crippen LogP contribution in [0.4, 0.5) is 0 Å². The number of nitrogens with zero attached hydrogens (tertiary/aromatic N) is 1. The Morgan fingerprint density at radius 3 is 2.69 bits per heavy atom. The number of hydrogen-bond acceptors (Lipinski definition) is 3. The minimum absolute atomic E-state index is 0.222. The Bertz CT molecular complexity index is 334. The molecule has 0 radical (unpaired) electrons. The van der Waals surface area contributed by atoms with Crippen molar-refractivity contribution >= 4 is 11.3 Å². The minimum Gasteiger partial charge on any atom is -0.312 e. The number of rotatable bonds is 5. The third kappa shape index (κ3) is 6.03. The van der Waals surface area contributed by atoms with Crippen molar-refractivity contribution in [3.05, 3.63) is 28.2 Å². The molecule has 0 aromatic carbocycles. The van der Waals surface area contributed by atoms with Gasteiger partial charge < -0.3 is 5.32 Å². The van der Waals surface area contributed by atoms with Crippen LogP contribution in [0, 0.1) is 6.92 Å². The van der Waals surface area contributed by atoms with E-state index >= 15 is 0 Å². The Morgan fingerprint density at radius 2 is 2.12 bits per heavy atom. The van der Waals surface area contributed by atoms with E-state index in [0.29, 0.717) is 0 Å². The Morgan fingerprint density at radius 1 is 1.38 bits per heavy atom. The predicted molar refractivity (Wildman–Crippen MR) is 72.1 cm³/mol. The highest BCUT2D eigenvalue weighted by Gasteiger charge is 2.06. The van der Waals surface area contributed by atoms with Crippen molar-refractivity contribution in [1.82, 2.24) is 10.3 Å². The van der Waals surface area contributed by atoms with E-state index in [1.807, 2.05) is 6.92 Å². The molecule has 0 bridgehead atoms. The summed E-state index contributed by atoms with van der Waals surface area (Å²) < 4.78 is 0. The van der Waals surface area contributed by atoms with Gasteiger partial charge in [-0.1, -0.05) is 12.2 Å². The molecule has 1 N–H and O–H groups in total. The van der Waals surface area contributed by atoms with Crippen molar-refractivity contribution in [1.29, 1.82) is 0 Å². The van der Waals surface area contributed by atoms with Gasteiger partial charge in [-0.15, -0.1) is 11.3 Å². The lowest BCUT2D eigenvalue weighted by Crippen LogP contribution is -2.36. The van der Waals surface area contributed by atoms with Gasteiger partial charge in [0.25, 0.3) is 0 Å². The fourth-order valence-corrected chi connectivity index (χ4v) is 1.98. The smallest absolute Gasteiger partial charge is 0.0897 e. The van der Waals surface area contributed by atoms with Crippen LogP contribution in [0.2, 0.25) is 0 Å². The Hall–Kier alpha value is -0.670. The van der Waals surface area contributed by atoms with Crippen molar-refractivity contribution in [2.75, 3.05) is 6.54 Å².